The fraction of sp³-hybridized carbons (Fsp3) is 0.308. The number of aromatic nitrogens is 1. The van der Waals surface area contributed by atoms with Gasteiger partial charge in [0.15, 0.2) is 8.68 Å². The standard InChI is InChI=1S/C13H15ClN2O3S2/c1-9-12(20-13(14)15-9)21(18,19)16-11(8-17)7-10-5-3-2-4-6-10/h2-6,11,16-17H,7-8H2,1H3/t11-/m1/s1. The summed E-state index contributed by atoms with van der Waals surface area (Å²) in [6, 6.07) is 8.77. The Labute approximate surface area is 132 Å². The molecule has 1 heterocycles. The van der Waals surface area contributed by atoms with Crippen LogP contribution < -0.4 is 4.72 Å². The number of halogens is 1. The fourth-order valence-electron chi connectivity index (χ4n) is 1.92. The normalized spacial score (nSPS) is 13.3. The van der Waals surface area contributed by atoms with Gasteiger partial charge in [-0.05, 0) is 18.9 Å². The lowest BCUT2D eigenvalue weighted by atomic mass is 10.1. The van der Waals surface area contributed by atoms with Gasteiger partial charge in [-0.2, -0.15) is 0 Å². The van der Waals surface area contributed by atoms with Gasteiger partial charge in [-0.3, -0.25) is 0 Å². The van der Waals surface area contributed by atoms with Gasteiger partial charge in [-0.25, -0.2) is 18.1 Å². The van der Waals surface area contributed by atoms with Gasteiger partial charge in [-0.15, -0.1) is 0 Å². The number of aryl methyl sites for hydroxylation is 1. The number of aliphatic hydroxyl groups excluding tert-OH is 1. The van der Waals surface area contributed by atoms with Gasteiger partial charge in [0.25, 0.3) is 10.0 Å². The van der Waals surface area contributed by atoms with Crippen LogP contribution in [0.3, 0.4) is 0 Å². The quantitative estimate of drug-likeness (QED) is 0.838. The van der Waals surface area contributed by atoms with Crippen molar-refractivity contribution in [2.24, 2.45) is 0 Å². The Morgan fingerprint density at radius 3 is 2.57 bits per heavy atom. The second-order valence-corrected chi connectivity index (χ2v) is 8.02. The molecule has 0 saturated carbocycles. The van der Waals surface area contributed by atoms with Gasteiger partial charge in [0.2, 0.25) is 0 Å². The lowest BCUT2D eigenvalue weighted by molar-refractivity contribution is 0.256. The molecule has 0 bridgehead atoms. The van der Waals surface area contributed by atoms with E-state index in [0.717, 1.165) is 16.9 Å². The van der Waals surface area contributed by atoms with E-state index < -0.39 is 16.1 Å². The molecular formula is C13H15ClN2O3S2. The molecule has 8 heteroatoms. The number of benzene rings is 1. The average Bonchev–Trinajstić information content (AvgIpc) is 2.79. The molecule has 0 fully saturated rings. The topological polar surface area (TPSA) is 79.3 Å². The van der Waals surface area contributed by atoms with Crippen molar-refractivity contribution < 1.29 is 13.5 Å². The second-order valence-electron chi connectivity index (χ2n) is 4.53. The van der Waals surface area contributed by atoms with Crippen LogP contribution in [0.25, 0.3) is 0 Å². The third kappa shape index (κ3) is 4.24. The van der Waals surface area contributed by atoms with E-state index in [0.29, 0.717) is 12.1 Å². The minimum absolute atomic E-state index is 0.0824. The number of nitrogens with zero attached hydrogens (tertiary/aromatic N) is 1. The first-order valence-electron chi connectivity index (χ1n) is 6.22. The molecule has 0 aliphatic heterocycles. The van der Waals surface area contributed by atoms with E-state index in [1.54, 1.807) is 6.92 Å². The molecule has 1 aromatic heterocycles. The Balaban J connectivity index is 2.16. The van der Waals surface area contributed by atoms with E-state index in [4.69, 9.17) is 11.6 Å². The average molecular weight is 347 g/mol. The Morgan fingerprint density at radius 1 is 1.38 bits per heavy atom. The molecule has 0 aliphatic rings. The van der Waals surface area contributed by atoms with Crippen molar-refractivity contribution in [2.45, 2.75) is 23.6 Å². The van der Waals surface area contributed by atoms with Crippen LogP contribution in [0.5, 0.6) is 0 Å². The number of thiazole rings is 1. The van der Waals surface area contributed by atoms with Crippen LogP contribution in [0, 0.1) is 6.92 Å². The van der Waals surface area contributed by atoms with E-state index in [1.165, 1.54) is 0 Å². The monoisotopic (exact) mass is 346 g/mol. The van der Waals surface area contributed by atoms with Gasteiger partial charge in [-0.1, -0.05) is 53.3 Å². The fourth-order valence-corrected chi connectivity index (χ4v) is 4.90. The van der Waals surface area contributed by atoms with Crippen molar-refractivity contribution in [3.63, 3.8) is 0 Å². The van der Waals surface area contributed by atoms with Gasteiger partial charge >= 0.3 is 0 Å². The molecule has 0 aliphatic carbocycles. The molecule has 114 valence electrons. The summed E-state index contributed by atoms with van der Waals surface area (Å²) < 4.78 is 27.4. The molecule has 0 radical (unpaired) electrons. The van der Waals surface area contributed by atoms with Crippen LogP contribution >= 0.6 is 22.9 Å². The summed E-state index contributed by atoms with van der Waals surface area (Å²) in [6.07, 6.45) is 0.405. The second kappa shape index (κ2) is 6.85. The maximum Gasteiger partial charge on any atom is 0.252 e. The molecule has 0 unspecified atom stereocenters. The van der Waals surface area contributed by atoms with E-state index in [-0.39, 0.29) is 15.3 Å². The van der Waals surface area contributed by atoms with Crippen molar-refractivity contribution in [1.82, 2.24) is 9.71 Å². The number of aliphatic hydroxyl groups is 1. The minimum atomic E-state index is -3.74. The highest BCUT2D eigenvalue weighted by Gasteiger charge is 2.24. The van der Waals surface area contributed by atoms with Crippen LogP contribution in [0.2, 0.25) is 4.47 Å². The first-order chi connectivity index (χ1) is 9.92. The highest BCUT2D eigenvalue weighted by molar-refractivity contribution is 7.91. The SMILES string of the molecule is Cc1nc(Cl)sc1S(=O)(=O)N[C@@H](CO)Cc1ccccc1. The predicted molar refractivity (Wildman–Crippen MR) is 83.2 cm³/mol. The lowest BCUT2D eigenvalue weighted by Gasteiger charge is -2.16. The summed E-state index contributed by atoms with van der Waals surface area (Å²) in [6.45, 7) is 1.29. The van der Waals surface area contributed by atoms with E-state index >= 15 is 0 Å². The van der Waals surface area contributed by atoms with Crippen LogP contribution in [-0.4, -0.2) is 31.2 Å². The lowest BCUT2D eigenvalue weighted by Crippen LogP contribution is -2.38. The van der Waals surface area contributed by atoms with Crippen LogP contribution in [0.1, 0.15) is 11.3 Å². The first kappa shape index (κ1) is 16.4. The summed E-state index contributed by atoms with van der Waals surface area (Å²) >= 11 is 6.64. The van der Waals surface area contributed by atoms with Crippen molar-refractivity contribution in [1.29, 1.82) is 0 Å². The number of rotatable bonds is 6. The van der Waals surface area contributed by atoms with Crippen LogP contribution in [0.4, 0.5) is 0 Å². The van der Waals surface area contributed by atoms with Gasteiger partial charge in [0.05, 0.1) is 12.3 Å². The Kier molecular flexibility index (Phi) is 5.34. The zero-order valence-corrected chi connectivity index (χ0v) is 13.7. The van der Waals surface area contributed by atoms with Crippen molar-refractivity contribution in [2.75, 3.05) is 6.61 Å². The van der Waals surface area contributed by atoms with Gasteiger partial charge in [0.1, 0.15) is 0 Å². The third-order valence-corrected chi connectivity index (χ3v) is 6.23. The summed E-state index contributed by atoms with van der Waals surface area (Å²) in [5, 5.41) is 9.41. The molecule has 0 amide bonds. The number of hydrogen-bond donors (Lipinski definition) is 2. The first-order valence-corrected chi connectivity index (χ1v) is 8.90. The zero-order chi connectivity index (χ0) is 15.5. The number of nitrogens with one attached hydrogen (secondary N) is 1. The minimum Gasteiger partial charge on any atom is -0.395 e. The van der Waals surface area contributed by atoms with Crippen molar-refractivity contribution in [3.8, 4) is 0 Å². The predicted octanol–water partition coefficient (Wildman–Crippen LogP) is 1.99. The molecule has 5 nitrogen and oxygen atoms in total. The summed E-state index contributed by atoms with van der Waals surface area (Å²) in [4.78, 5) is 3.90. The molecule has 21 heavy (non-hydrogen) atoms. The van der Waals surface area contributed by atoms with E-state index in [1.807, 2.05) is 30.3 Å². The van der Waals surface area contributed by atoms with Crippen molar-refractivity contribution in [3.05, 3.63) is 46.1 Å². The van der Waals surface area contributed by atoms with Gasteiger partial charge < -0.3 is 5.11 Å². The van der Waals surface area contributed by atoms with E-state index in [2.05, 4.69) is 9.71 Å². The highest BCUT2D eigenvalue weighted by atomic mass is 35.5. The summed E-state index contributed by atoms with van der Waals surface area (Å²) in [7, 11) is -3.74. The molecule has 0 spiro atoms. The summed E-state index contributed by atoms with van der Waals surface area (Å²) in [5.74, 6) is 0. The maximum atomic E-state index is 12.3. The Morgan fingerprint density at radius 2 is 2.05 bits per heavy atom. The number of hydrogen-bond acceptors (Lipinski definition) is 5. The van der Waals surface area contributed by atoms with Crippen LogP contribution in [0.15, 0.2) is 34.5 Å². The largest absolute Gasteiger partial charge is 0.395 e. The molecule has 2 N–H and O–H groups in total. The van der Waals surface area contributed by atoms with Crippen LogP contribution in [-0.2, 0) is 16.4 Å². The summed E-state index contributed by atoms with van der Waals surface area (Å²) in [5.41, 5.74) is 1.30. The molecule has 1 atom stereocenters. The van der Waals surface area contributed by atoms with Gasteiger partial charge in [0, 0.05) is 6.04 Å². The van der Waals surface area contributed by atoms with Crippen molar-refractivity contribution >= 4 is 33.0 Å². The highest BCUT2D eigenvalue weighted by Crippen LogP contribution is 2.26. The smallest absolute Gasteiger partial charge is 0.252 e. The molecular weight excluding hydrogens is 332 g/mol. The Bertz CT molecular complexity index is 701. The zero-order valence-electron chi connectivity index (χ0n) is 11.3. The third-order valence-electron chi connectivity index (χ3n) is 2.84. The molecule has 1 aromatic carbocycles. The molecule has 2 rings (SSSR count). The number of sulfonamides is 1. The Hall–Kier alpha value is -0.990. The molecule has 0 saturated heterocycles. The molecule has 2 aromatic rings. The van der Waals surface area contributed by atoms with E-state index in [9.17, 15) is 13.5 Å². The maximum absolute atomic E-state index is 12.3.